The highest BCUT2D eigenvalue weighted by molar-refractivity contribution is 5.66. The van der Waals surface area contributed by atoms with Crippen molar-refractivity contribution in [3.63, 3.8) is 0 Å². The van der Waals surface area contributed by atoms with Crippen LogP contribution in [0, 0.1) is 20.8 Å². The fourth-order valence-electron chi connectivity index (χ4n) is 2.06. The summed E-state index contributed by atoms with van der Waals surface area (Å²) >= 11 is 0. The van der Waals surface area contributed by atoms with Crippen LogP contribution in [-0.4, -0.2) is 13.4 Å². The summed E-state index contributed by atoms with van der Waals surface area (Å²) in [5.74, 6) is 0.929. The standard InChI is InChI=1S/C18H22O2/c1-13(8-6-7-11-19)9-10-17-14(2)12-18(20-5)16(4)15(17)3/h6-12H,1-5H3/b7-6+,10-9+,13-8+. The monoisotopic (exact) mass is 270 g/mol. The highest BCUT2D eigenvalue weighted by atomic mass is 16.5. The van der Waals surface area contributed by atoms with E-state index in [0.717, 1.165) is 17.6 Å². The number of benzene rings is 1. The number of carbonyl (C=O) groups is 1. The summed E-state index contributed by atoms with van der Waals surface area (Å²) in [6.07, 6.45) is 10.1. The lowest BCUT2D eigenvalue weighted by Crippen LogP contribution is -1.95. The second-order valence-electron chi connectivity index (χ2n) is 4.82. The summed E-state index contributed by atoms with van der Waals surface area (Å²) in [5, 5.41) is 0. The number of rotatable bonds is 5. The summed E-state index contributed by atoms with van der Waals surface area (Å²) < 4.78 is 5.38. The van der Waals surface area contributed by atoms with Gasteiger partial charge in [0.2, 0.25) is 0 Å². The molecule has 2 heteroatoms. The van der Waals surface area contributed by atoms with Gasteiger partial charge in [0.25, 0.3) is 0 Å². The van der Waals surface area contributed by atoms with Gasteiger partial charge in [-0.1, -0.05) is 29.9 Å². The molecule has 1 aromatic rings. The van der Waals surface area contributed by atoms with Crippen molar-refractivity contribution in [2.75, 3.05) is 7.11 Å². The zero-order chi connectivity index (χ0) is 15.1. The second kappa shape index (κ2) is 7.49. The summed E-state index contributed by atoms with van der Waals surface area (Å²) in [7, 11) is 1.70. The molecule has 20 heavy (non-hydrogen) atoms. The third-order valence-electron chi connectivity index (χ3n) is 3.39. The van der Waals surface area contributed by atoms with Crippen molar-refractivity contribution < 1.29 is 9.53 Å². The van der Waals surface area contributed by atoms with Crippen LogP contribution in [0.3, 0.4) is 0 Å². The van der Waals surface area contributed by atoms with Gasteiger partial charge in [0.05, 0.1) is 7.11 Å². The second-order valence-corrected chi connectivity index (χ2v) is 4.82. The van der Waals surface area contributed by atoms with E-state index >= 15 is 0 Å². The van der Waals surface area contributed by atoms with Crippen LogP contribution in [0.25, 0.3) is 6.08 Å². The lowest BCUT2D eigenvalue weighted by atomic mass is 9.96. The predicted octanol–water partition coefficient (Wildman–Crippen LogP) is 4.34. The van der Waals surface area contributed by atoms with E-state index < -0.39 is 0 Å². The number of methoxy groups -OCH3 is 1. The first-order chi connectivity index (χ1) is 9.51. The highest BCUT2D eigenvalue weighted by Gasteiger charge is 2.08. The van der Waals surface area contributed by atoms with Crippen LogP contribution in [0.4, 0.5) is 0 Å². The summed E-state index contributed by atoms with van der Waals surface area (Å²) in [6, 6.07) is 2.06. The molecule has 0 unspecified atom stereocenters. The van der Waals surface area contributed by atoms with Gasteiger partial charge in [-0.15, -0.1) is 0 Å². The van der Waals surface area contributed by atoms with Crippen LogP contribution in [0.2, 0.25) is 0 Å². The molecule has 106 valence electrons. The molecule has 0 heterocycles. The number of hydrogen-bond acceptors (Lipinski definition) is 2. The van der Waals surface area contributed by atoms with Crippen molar-refractivity contribution in [3.8, 4) is 5.75 Å². The predicted molar refractivity (Wildman–Crippen MR) is 85.2 cm³/mol. The van der Waals surface area contributed by atoms with E-state index in [1.807, 2.05) is 13.0 Å². The van der Waals surface area contributed by atoms with Gasteiger partial charge in [-0.3, -0.25) is 4.79 Å². The lowest BCUT2D eigenvalue weighted by molar-refractivity contribution is -0.104. The average molecular weight is 270 g/mol. The Kier molecular flexibility index (Phi) is 5.98. The van der Waals surface area contributed by atoms with Gasteiger partial charge in [-0.05, 0) is 62.1 Å². The Labute approximate surface area is 121 Å². The SMILES string of the molecule is COc1cc(C)c(/C=C/C(C)=C/C=C/C=O)c(C)c1C. The van der Waals surface area contributed by atoms with E-state index in [4.69, 9.17) is 4.74 Å². The Morgan fingerprint density at radius 2 is 1.85 bits per heavy atom. The molecule has 1 aromatic carbocycles. The average Bonchev–Trinajstić information content (AvgIpc) is 2.43. The van der Waals surface area contributed by atoms with Crippen LogP contribution >= 0.6 is 0 Å². The third kappa shape index (κ3) is 3.95. The van der Waals surface area contributed by atoms with Gasteiger partial charge < -0.3 is 4.74 Å². The molecule has 0 amide bonds. The zero-order valence-electron chi connectivity index (χ0n) is 12.9. The van der Waals surface area contributed by atoms with E-state index in [2.05, 4.69) is 39.0 Å². The smallest absolute Gasteiger partial charge is 0.142 e. The van der Waals surface area contributed by atoms with E-state index in [1.54, 1.807) is 13.2 Å². The van der Waals surface area contributed by atoms with Crippen LogP contribution in [0.15, 0.2) is 35.9 Å². The number of aryl methyl sites for hydroxylation is 1. The maximum absolute atomic E-state index is 10.2. The van der Waals surface area contributed by atoms with Gasteiger partial charge in [-0.2, -0.15) is 0 Å². The van der Waals surface area contributed by atoms with E-state index in [1.165, 1.54) is 28.3 Å². The first-order valence-corrected chi connectivity index (χ1v) is 6.62. The number of allylic oxidation sites excluding steroid dienone is 5. The summed E-state index contributed by atoms with van der Waals surface area (Å²) in [6.45, 7) is 8.27. The topological polar surface area (TPSA) is 26.3 Å². The van der Waals surface area contributed by atoms with E-state index in [-0.39, 0.29) is 0 Å². The molecular formula is C18H22O2. The first-order valence-electron chi connectivity index (χ1n) is 6.62. The van der Waals surface area contributed by atoms with Gasteiger partial charge in [0.15, 0.2) is 0 Å². The Hall–Kier alpha value is -2.09. The van der Waals surface area contributed by atoms with Crippen LogP contribution in [-0.2, 0) is 4.79 Å². The molecule has 0 aliphatic carbocycles. The molecule has 0 saturated carbocycles. The molecule has 2 nitrogen and oxygen atoms in total. The third-order valence-corrected chi connectivity index (χ3v) is 3.39. The molecule has 0 fully saturated rings. The molecule has 0 aliphatic rings. The van der Waals surface area contributed by atoms with E-state index in [9.17, 15) is 4.79 Å². The number of carbonyl (C=O) groups excluding carboxylic acids is 1. The van der Waals surface area contributed by atoms with Crippen molar-refractivity contribution >= 4 is 12.4 Å². The fraction of sp³-hybridized carbons (Fsp3) is 0.278. The maximum Gasteiger partial charge on any atom is 0.142 e. The van der Waals surface area contributed by atoms with Crippen molar-refractivity contribution in [3.05, 3.63) is 58.2 Å². The largest absolute Gasteiger partial charge is 0.496 e. The normalized spacial score (nSPS) is 12.3. The molecule has 0 saturated heterocycles. The molecule has 1 rings (SSSR count). The Balaban J connectivity index is 3.10. The van der Waals surface area contributed by atoms with Crippen LogP contribution in [0.1, 0.15) is 29.2 Å². The van der Waals surface area contributed by atoms with Crippen molar-refractivity contribution in [1.82, 2.24) is 0 Å². The van der Waals surface area contributed by atoms with Gasteiger partial charge >= 0.3 is 0 Å². The van der Waals surface area contributed by atoms with E-state index in [0.29, 0.717) is 0 Å². The van der Waals surface area contributed by atoms with Crippen LogP contribution < -0.4 is 4.74 Å². The molecule has 0 radical (unpaired) electrons. The molecule has 0 aliphatic heterocycles. The fourth-order valence-corrected chi connectivity index (χ4v) is 2.06. The van der Waals surface area contributed by atoms with Crippen molar-refractivity contribution in [2.24, 2.45) is 0 Å². The Bertz CT molecular complexity index is 576. The summed E-state index contributed by atoms with van der Waals surface area (Å²) in [5.41, 5.74) is 5.90. The number of aldehydes is 1. The molecule has 0 N–H and O–H groups in total. The molecule has 0 aromatic heterocycles. The van der Waals surface area contributed by atoms with Gasteiger partial charge in [0, 0.05) is 0 Å². The molecule has 0 bridgehead atoms. The highest BCUT2D eigenvalue weighted by Crippen LogP contribution is 2.28. The zero-order valence-corrected chi connectivity index (χ0v) is 12.9. The van der Waals surface area contributed by atoms with Gasteiger partial charge in [-0.25, -0.2) is 0 Å². The minimum absolute atomic E-state index is 0.772. The molecule has 0 spiro atoms. The minimum Gasteiger partial charge on any atom is -0.496 e. The molecular weight excluding hydrogens is 248 g/mol. The van der Waals surface area contributed by atoms with Gasteiger partial charge in [0.1, 0.15) is 12.0 Å². The quantitative estimate of drug-likeness (QED) is 0.452. The Morgan fingerprint density at radius 3 is 2.45 bits per heavy atom. The van der Waals surface area contributed by atoms with Crippen molar-refractivity contribution in [2.45, 2.75) is 27.7 Å². The lowest BCUT2D eigenvalue weighted by Gasteiger charge is -2.13. The molecule has 0 atom stereocenters. The maximum atomic E-state index is 10.2. The minimum atomic E-state index is 0.772. The van der Waals surface area contributed by atoms with Crippen LogP contribution in [0.5, 0.6) is 5.75 Å². The number of hydrogen-bond donors (Lipinski definition) is 0. The number of ether oxygens (including phenoxy) is 1. The Morgan fingerprint density at radius 1 is 1.15 bits per heavy atom. The summed E-state index contributed by atoms with van der Waals surface area (Å²) in [4.78, 5) is 10.2. The van der Waals surface area contributed by atoms with Crippen molar-refractivity contribution in [1.29, 1.82) is 0 Å². The first kappa shape index (κ1) is 16.0.